The van der Waals surface area contributed by atoms with Crippen molar-refractivity contribution < 1.29 is 9.90 Å². The fourth-order valence-electron chi connectivity index (χ4n) is 1.71. The molecule has 0 heterocycles. The Hall–Kier alpha value is -2.06. The van der Waals surface area contributed by atoms with Crippen molar-refractivity contribution >= 4 is 11.7 Å². The molecule has 0 radical (unpaired) electrons. The standard InChI is InChI=1S/C14H19N3O2/c1-2-9-17(10-11-18)14(19)16-13-5-3-12(4-6-13)7-8-15/h3-6,18H,2,7,9-11H2,1H3,(H,16,19). The van der Waals surface area contributed by atoms with E-state index in [1.807, 2.05) is 19.1 Å². The number of nitrogens with one attached hydrogen (secondary N) is 1. The van der Waals surface area contributed by atoms with Crippen LogP contribution in [0, 0.1) is 11.3 Å². The number of amides is 2. The monoisotopic (exact) mass is 261 g/mol. The quantitative estimate of drug-likeness (QED) is 0.822. The molecule has 0 spiro atoms. The molecule has 0 aliphatic rings. The Morgan fingerprint density at radius 1 is 1.37 bits per heavy atom. The second-order valence-corrected chi connectivity index (χ2v) is 4.17. The molecule has 1 rings (SSSR count). The molecule has 0 aliphatic carbocycles. The average Bonchev–Trinajstić information content (AvgIpc) is 2.41. The Bertz CT molecular complexity index is 431. The molecule has 0 aliphatic heterocycles. The Morgan fingerprint density at radius 3 is 2.58 bits per heavy atom. The van der Waals surface area contributed by atoms with Crippen LogP contribution in [0.3, 0.4) is 0 Å². The number of hydrogen-bond donors (Lipinski definition) is 2. The Balaban J connectivity index is 2.61. The molecule has 5 heteroatoms. The number of nitriles is 1. The number of carbonyl (C=O) groups is 1. The number of carbonyl (C=O) groups excluding carboxylic acids is 1. The summed E-state index contributed by atoms with van der Waals surface area (Å²) in [6.45, 7) is 2.87. The first kappa shape index (κ1) is 15.0. The zero-order valence-electron chi connectivity index (χ0n) is 11.1. The molecule has 1 aromatic carbocycles. The summed E-state index contributed by atoms with van der Waals surface area (Å²) in [5.41, 5.74) is 1.60. The zero-order chi connectivity index (χ0) is 14.1. The van der Waals surface area contributed by atoms with Crippen LogP contribution in [0.4, 0.5) is 10.5 Å². The lowest BCUT2D eigenvalue weighted by molar-refractivity contribution is 0.188. The fourth-order valence-corrected chi connectivity index (χ4v) is 1.71. The van der Waals surface area contributed by atoms with E-state index in [0.29, 0.717) is 25.2 Å². The molecule has 102 valence electrons. The van der Waals surface area contributed by atoms with Crippen LogP contribution in [-0.2, 0) is 6.42 Å². The third-order valence-corrected chi connectivity index (χ3v) is 2.64. The van der Waals surface area contributed by atoms with E-state index < -0.39 is 0 Å². The third kappa shape index (κ3) is 4.98. The van der Waals surface area contributed by atoms with Crippen molar-refractivity contribution in [1.29, 1.82) is 5.26 Å². The van der Waals surface area contributed by atoms with Gasteiger partial charge in [-0.15, -0.1) is 0 Å². The second-order valence-electron chi connectivity index (χ2n) is 4.17. The summed E-state index contributed by atoms with van der Waals surface area (Å²) in [5.74, 6) is 0. The first-order valence-electron chi connectivity index (χ1n) is 6.34. The van der Waals surface area contributed by atoms with Crippen molar-refractivity contribution in [2.24, 2.45) is 0 Å². The summed E-state index contributed by atoms with van der Waals surface area (Å²) in [4.78, 5) is 13.5. The topological polar surface area (TPSA) is 76.4 Å². The third-order valence-electron chi connectivity index (χ3n) is 2.64. The molecular formula is C14H19N3O2. The number of benzene rings is 1. The number of anilines is 1. The van der Waals surface area contributed by atoms with Crippen LogP contribution in [0.2, 0.25) is 0 Å². The zero-order valence-corrected chi connectivity index (χ0v) is 11.1. The van der Waals surface area contributed by atoms with E-state index in [-0.39, 0.29) is 12.6 Å². The van der Waals surface area contributed by atoms with Gasteiger partial charge in [0, 0.05) is 18.8 Å². The first-order chi connectivity index (χ1) is 9.21. The Morgan fingerprint density at radius 2 is 2.05 bits per heavy atom. The highest BCUT2D eigenvalue weighted by Crippen LogP contribution is 2.11. The highest BCUT2D eigenvalue weighted by atomic mass is 16.3. The molecule has 0 bridgehead atoms. The molecule has 0 unspecified atom stereocenters. The van der Waals surface area contributed by atoms with E-state index >= 15 is 0 Å². The molecule has 0 saturated carbocycles. The van der Waals surface area contributed by atoms with Gasteiger partial charge in [0.1, 0.15) is 0 Å². The predicted octanol–water partition coefficient (Wildman–Crippen LogP) is 1.99. The van der Waals surface area contributed by atoms with Gasteiger partial charge in [-0.05, 0) is 24.1 Å². The van der Waals surface area contributed by atoms with Crippen molar-refractivity contribution in [2.45, 2.75) is 19.8 Å². The molecule has 19 heavy (non-hydrogen) atoms. The maximum atomic E-state index is 12.0. The smallest absolute Gasteiger partial charge is 0.321 e. The largest absolute Gasteiger partial charge is 0.395 e. The first-order valence-corrected chi connectivity index (χ1v) is 6.34. The van der Waals surface area contributed by atoms with Crippen LogP contribution >= 0.6 is 0 Å². The van der Waals surface area contributed by atoms with Gasteiger partial charge in [0.25, 0.3) is 0 Å². The van der Waals surface area contributed by atoms with E-state index in [1.165, 1.54) is 0 Å². The van der Waals surface area contributed by atoms with Crippen LogP contribution in [-0.4, -0.2) is 35.7 Å². The summed E-state index contributed by atoms with van der Waals surface area (Å²) in [6, 6.07) is 9.03. The molecular weight excluding hydrogens is 242 g/mol. The highest BCUT2D eigenvalue weighted by Gasteiger charge is 2.11. The SMILES string of the molecule is CCCN(CCO)C(=O)Nc1ccc(CC#N)cc1. The van der Waals surface area contributed by atoms with Crippen LogP contribution < -0.4 is 5.32 Å². The minimum Gasteiger partial charge on any atom is -0.395 e. The maximum Gasteiger partial charge on any atom is 0.321 e. The summed E-state index contributed by atoms with van der Waals surface area (Å²) in [5, 5.41) is 20.3. The number of nitrogens with zero attached hydrogens (tertiary/aromatic N) is 2. The predicted molar refractivity (Wildman–Crippen MR) is 73.7 cm³/mol. The van der Waals surface area contributed by atoms with E-state index in [9.17, 15) is 4.79 Å². The molecule has 0 atom stereocenters. The summed E-state index contributed by atoms with van der Waals surface area (Å²) in [7, 11) is 0. The molecule has 2 N–H and O–H groups in total. The van der Waals surface area contributed by atoms with Gasteiger partial charge in [-0.2, -0.15) is 5.26 Å². The minimum absolute atomic E-state index is 0.0471. The van der Waals surface area contributed by atoms with Gasteiger partial charge in [-0.1, -0.05) is 19.1 Å². The number of rotatable bonds is 6. The molecule has 0 saturated heterocycles. The summed E-state index contributed by atoms with van der Waals surface area (Å²) in [6.07, 6.45) is 1.20. The van der Waals surface area contributed by atoms with Crippen molar-refractivity contribution in [2.75, 3.05) is 25.0 Å². The Kier molecular flexibility index (Phi) is 6.41. The van der Waals surface area contributed by atoms with Crippen LogP contribution in [0.5, 0.6) is 0 Å². The second kappa shape index (κ2) is 8.11. The van der Waals surface area contributed by atoms with Crippen molar-refractivity contribution in [1.82, 2.24) is 4.90 Å². The van der Waals surface area contributed by atoms with Crippen molar-refractivity contribution in [3.63, 3.8) is 0 Å². The normalized spacial score (nSPS) is 9.74. The number of aliphatic hydroxyl groups excluding tert-OH is 1. The van der Waals surface area contributed by atoms with Gasteiger partial charge < -0.3 is 15.3 Å². The van der Waals surface area contributed by atoms with Gasteiger partial charge in [0.2, 0.25) is 0 Å². The minimum atomic E-state index is -0.219. The lowest BCUT2D eigenvalue weighted by atomic mass is 10.1. The van der Waals surface area contributed by atoms with E-state index in [2.05, 4.69) is 11.4 Å². The van der Waals surface area contributed by atoms with E-state index in [4.69, 9.17) is 10.4 Å². The summed E-state index contributed by atoms with van der Waals surface area (Å²) < 4.78 is 0. The van der Waals surface area contributed by atoms with Gasteiger partial charge in [0.15, 0.2) is 0 Å². The van der Waals surface area contributed by atoms with E-state index in [1.54, 1.807) is 17.0 Å². The van der Waals surface area contributed by atoms with Crippen LogP contribution in [0.1, 0.15) is 18.9 Å². The van der Waals surface area contributed by atoms with Gasteiger partial charge in [-0.25, -0.2) is 4.79 Å². The molecule has 1 aromatic rings. The molecule has 5 nitrogen and oxygen atoms in total. The van der Waals surface area contributed by atoms with Gasteiger partial charge in [0.05, 0.1) is 19.1 Å². The van der Waals surface area contributed by atoms with Crippen LogP contribution in [0.25, 0.3) is 0 Å². The van der Waals surface area contributed by atoms with Crippen LogP contribution in [0.15, 0.2) is 24.3 Å². The Labute approximate surface area is 113 Å². The summed E-state index contributed by atoms with van der Waals surface area (Å²) >= 11 is 0. The molecule has 2 amide bonds. The highest BCUT2D eigenvalue weighted by molar-refractivity contribution is 5.89. The molecule has 0 fully saturated rings. The number of urea groups is 1. The lowest BCUT2D eigenvalue weighted by Gasteiger charge is -2.21. The van der Waals surface area contributed by atoms with E-state index in [0.717, 1.165) is 12.0 Å². The van der Waals surface area contributed by atoms with Gasteiger partial charge >= 0.3 is 6.03 Å². The fraction of sp³-hybridized carbons (Fsp3) is 0.429. The average molecular weight is 261 g/mol. The van der Waals surface area contributed by atoms with Gasteiger partial charge in [-0.3, -0.25) is 0 Å². The number of aliphatic hydroxyl groups is 1. The maximum absolute atomic E-state index is 12.0. The van der Waals surface area contributed by atoms with Crippen molar-refractivity contribution in [3.05, 3.63) is 29.8 Å². The number of hydrogen-bond acceptors (Lipinski definition) is 3. The van der Waals surface area contributed by atoms with Crippen molar-refractivity contribution in [3.8, 4) is 6.07 Å². The lowest BCUT2D eigenvalue weighted by Crippen LogP contribution is -2.37. The molecule has 0 aromatic heterocycles.